The third-order valence-electron chi connectivity index (χ3n) is 6.90. The molecule has 4 rings (SSSR count). The molecule has 44 heavy (non-hydrogen) atoms. The molecule has 0 saturated heterocycles. The molecular weight excluding hydrogens is 582 g/mol. The minimum absolute atomic E-state index is 0.547. The summed E-state index contributed by atoms with van der Waals surface area (Å²) in [5.74, 6) is 0. The van der Waals surface area contributed by atoms with Gasteiger partial charge in [-0.05, 0) is 61.4 Å². The second kappa shape index (κ2) is 15.8. The molecule has 2 atom stereocenters. The zero-order valence-electron chi connectivity index (χ0n) is 24.5. The average Bonchev–Trinajstić information content (AvgIpc) is 3.02. The van der Waals surface area contributed by atoms with Crippen molar-refractivity contribution >= 4 is 0 Å². The first-order valence-electron chi connectivity index (χ1n) is 14.5. The van der Waals surface area contributed by atoms with Gasteiger partial charge in [0.25, 0.3) is 0 Å². The fourth-order valence-electron chi connectivity index (χ4n) is 4.35. The summed E-state index contributed by atoms with van der Waals surface area (Å²) in [5.41, 5.74) is 2.03. The van der Waals surface area contributed by atoms with Crippen molar-refractivity contribution in [2.45, 2.75) is 76.9 Å². The SMILES string of the molecule is CCCCC(O)c1cccc(-c2ccc(C(F)(F)F)cc2)n1.CCCC[C@H](O)c1cccc(-c2ccc(C(F)(F)F)cc2)n1. The number of hydrogen-bond donors (Lipinski definition) is 2. The summed E-state index contributed by atoms with van der Waals surface area (Å²) in [6.45, 7) is 4.08. The fraction of sp³-hybridized carbons (Fsp3) is 0.353. The van der Waals surface area contributed by atoms with Gasteiger partial charge in [-0.1, -0.05) is 75.9 Å². The maximum Gasteiger partial charge on any atom is 0.416 e. The molecular formula is C34H36F6N2O2. The van der Waals surface area contributed by atoms with Crippen LogP contribution in [0.15, 0.2) is 84.9 Å². The van der Waals surface area contributed by atoms with E-state index in [2.05, 4.69) is 9.97 Å². The summed E-state index contributed by atoms with van der Waals surface area (Å²) in [7, 11) is 0. The number of aliphatic hydroxyl groups excluding tert-OH is 2. The van der Waals surface area contributed by atoms with Crippen molar-refractivity contribution in [3.63, 3.8) is 0 Å². The lowest BCUT2D eigenvalue weighted by molar-refractivity contribution is -0.138. The number of rotatable bonds is 10. The highest BCUT2D eigenvalue weighted by Gasteiger charge is 2.30. The van der Waals surface area contributed by atoms with Crippen molar-refractivity contribution < 1.29 is 36.6 Å². The van der Waals surface area contributed by atoms with Crippen LogP contribution in [0.5, 0.6) is 0 Å². The van der Waals surface area contributed by atoms with Crippen LogP contribution in [0, 0.1) is 0 Å². The lowest BCUT2D eigenvalue weighted by Crippen LogP contribution is -2.04. The number of benzene rings is 2. The van der Waals surface area contributed by atoms with Crippen LogP contribution in [-0.2, 0) is 12.4 Å². The summed E-state index contributed by atoms with van der Waals surface area (Å²) >= 11 is 0. The largest absolute Gasteiger partial charge is 0.416 e. The number of halogens is 6. The van der Waals surface area contributed by atoms with Crippen molar-refractivity contribution in [1.29, 1.82) is 0 Å². The van der Waals surface area contributed by atoms with E-state index in [0.29, 0.717) is 46.7 Å². The molecule has 4 nitrogen and oxygen atoms in total. The van der Waals surface area contributed by atoms with E-state index in [-0.39, 0.29) is 0 Å². The molecule has 0 aliphatic carbocycles. The Morgan fingerprint density at radius 1 is 0.545 bits per heavy atom. The first kappa shape index (κ1) is 34.7. The molecule has 2 heterocycles. The van der Waals surface area contributed by atoms with Gasteiger partial charge in [0.2, 0.25) is 0 Å². The maximum atomic E-state index is 12.6. The van der Waals surface area contributed by atoms with Crippen molar-refractivity contribution in [3.05, 3.63) is 107 Å². The topological polar surface area (TPSA) is 66.2 Å². The molecule has 0 bridgehead atoms. The van der Waals surface area contributed by atoms with Gasteiger partial charge in [0, 0.05) is 11.1 Å². The molecule has 0 aliphatic rings. The van der Waals surface area contributed by atoms with E-state index in [4.69, 9.17) is 0 Å². The average molecular weight is 619 g/mol. The van der Waals surface area contributed by atoms with Crippen molar-refractivity contribution in [3.8, 4) is 22.5 Å². The Morgan fingerprint density at radius 2 is 0.886 bits per heavy atom. The molecule has 236 valence electrons. The molecule has 0 fully saturated rings. The van der Waals surface area contributed by atoms with Crippen LogP contribution in [0.25, 0.3) is 22.5 Å². The molecule has 1 unspecified atom stereocenters. The monoisotopic (exact) mass is 618 g/mol. The van der Waals surface area contributed by atoms with Gasteiger partial charge in [-0.15, -0.1) is 0 Å². The predicted octanol–water partition coefficient (Wildman–Crippen LogP) is 9.98. The van der Waals surface area contributed by atoms with Gasteiger partial charge in [-0.2, -0.15) is 26.3 Å². The molecule has 2 N–H and O–H groups in total. The lowest BCUT2D eigenvalue weighted by atomic mass is 10.1. The molecule has 0 aliphatic heterocycles. The number of alkyl halides is 6. The van der Waals surface area contributed by atoms with Crippen molar-refractivity contribution in [2.75, 3.05) is 0 Å². The van der Waals surface area contributed by atoms with E-state index in [1.807, 2.05) is 13.8 Å². The van der Waals surface area contributed by atoms with Crippen LogP contribution in [0.1, 0.15) is 87.1 Å². The Balaban J connectivity index is 0.000000240. The summed E-state index contributed by atoms with van der Waals surface area (Å²) in [5, 5.41) is 20.1. The number of unbranched alkanes of at least 4 members (excludes halogenated alkanes) is 2. The van der Waals surface area contributed by atoms with E-state index in [9.17, 15) is 36.6 Å². The first-order chi connectivity index (χ1) is 20.8. The Morgan fingerprint density at radius 3 is 1.18 bits per heavy atom. The second-order valence-corrected chi connectivity index (χ2v) is 10.4. The summed E-state index contributed by atoms with van der Waals surface area (Å²) < 4.78 is 75.4. The van der Waals surface area contributed by atoms with Gasteiger partial charge < -0.3 is 10.2 Å². The van der Waals surface area contributed by atoms with Crippen LogP contribution >= 0.6 is 0 Å². The summed E-state index contributed by atoms with van der Waals surface area (Å²) in [6, 6.07) is 20.2. The van der Waals surface area contributed by atoms with Crippen LogP contribution in [0.3, 0.4) is 0 Å². The van der Waals surface area contributed by atoms with Crippen molar-refractivity contribution in [1.82, 2.24) is 9.97 Å². The molecule has 0 amide bonds. The first-order valence-corrected chi connectivity index (χ1v) is 14.5. The third-order valence-corrected chi connectivity index (χ3v) is 6.90. The molecule has 0 spiro atoms. The standard InChI is InChI=1S/2C17H18F3NO/c2*1-2-3-7-16(22)15-6-4-5-14(21-15)12-8-10-13(11-9-12)17(18,19)20/h2*4-6,8-11,16,22H,2-3,7H2,1H3/t16-;/m0./s1. The van der Waals surface area contributed by atoms with Gasteiger partial charge in [0.05, 0.1) is 46.1 Å². The number of pyridine rings is 2. The van der Waals surface area contributed by atoms with Gasteiger partial charge in [-0.25, -0.2) is 0 Å². The van der Waals surface area contributed by atoms with Gasteiger partial charge in [0.15, 0.2) is 0 Å². The molecule has 4 aromatic rings. The number of aromatic nitrogens is 2. The zero-order valence-corrected chi connectivity index (χ0v) is 24.5. The van der Waals surface area contributed by atoms with Crippen LogP contribution in [0.2, 0.25) is 0 Å². The summed E-state index contributed by atoms with van der Waals surface area (Å²) in [6.07, 6.45) is -4.97. The van der Waals surface area contributed by atoms with Gasteiger partial charge in [0.1, 0.15) is 0 Å². The minimum Gasteiger partial charge on any atom is -0.387 e. The Bertz CT molecular complexity index is 1330. The molecule has 0 radical (unpaired) electrons. The van der Waals surface area contributed by atoms with Gasteiger partial charge >= 0.3 is 12.4 Å². The van der Waals surface area contributed by atoms with E-state index < -0.39 is 35.7 Å². The quantitative estimate of drug-likeness (QED) is 0.174. The minimum atomic E-state index is -4.34. The Kier molecular flexibility index (Phi) is 12.5. The molecule has 10 heteroatoms. The fourth-order valence-corrected chi connectivity index (χ4v) is 4.35. The molecule has 2 aromatic heterocycles. The highest BCUT2D eigenvalue weighted by Crippen LogP contribution is 2.32. The summed E-state index contributed by atoms with van der Waals surface area (Å²) in [4.78, 5) is 8.71. The smallest absolute Gasteiger partial charge is 0.387 e. The van der Waals surface area contributed by atoms with E-state index in [1.54, 1.807) is 36.4 Å². The van der Waals surface area contributed by atoms with Gasteiger partial charge in [-0.3, -0.25) is 9.97 Å². The van der Waals surface area contributed by atoms with Crippen molar-refractivity contribution in [2.24, 2.45) is 0 Å². The Labute approximate surface area is 253 Å². The number of hydrogen-bond acceptors (Lipinski definition) is 4. The third kappa shape index (κ3) is 10.2. The van der Waals surface area contributed by atoms with Crippen LogP contribution in [-0.4, -0.2) is 20.2 Å². The van der Waals surface area contributed by atoms with E-state index >= 15 is 0 Å². The predicted molar refractivity (Wildman–Crippen MR) is 158 cm³/mol. The van der Waals surface area contributed by atoms with Crippen LogP contribution in [0.4, 0.5) is 26.3 Å². The number of nitrogens with zero attached hydrogens (tertiary/aromatic N) is 2. The highest BCUT2D eigenvalue weighted by atomic mass is 19.4. The normalized spacial score (nSPS) is 13.1. The number of aliphatic hydroxyl groups is 2. The van der Waals surface area contributed by atoms with Crippen LogP contribution < -0.4 is 0 Å². The Hall–Kier alpha value is -3.76. The highest BCUT2D eigenvalue weighted by molar-refractivity contribution is 5.60. The zero-order chi connectivity index (χ0) is 32.3. The second-order valence-electron chi connectivity index (χ2n) is 10.4. The lowest BCUT2D eigenvalue weighted by Gasteiger charge is -2.11. The van der Waals surface area contributed by atoms with E-state index in [0.717, 1.165) is 49.9 Å². The molecule has 2 aromatic carbocycles. The molecule has 0 saturated carbocycles. The van der Waals surface area contributed by atoms with E-state index in [1.165, 1.54) is 24.3 Å². The maximum absolute atomic E-state index is 12.6.